The lowest BCUT2D eigenvalue weighted by Gasteiger charge is -2.46. The predicted octanol–water partition coefficient (Wildman–Crippen LogP) is 2.79. The van der Waals surface area contributed by atoms with E-state index in [1.54, 1.807) is 20.2 Å². The van der Waals surface area contributed by atoms with E-state index >= 15 is 0 Å². The van der Waals surface area contributed by atoms with Crippen LogP contribution in [0.4, 0.5) is 8.78 Å². The van der Waals surface area contributed by atoms with Crippen LogP contribution in [-0.4, -0.2) is 19.8 Å². The van der Waals surface area contributed by atoms with Crippen molar-refractivity contribution in [1.29, 1.82) is 0 Å². The van der Waals surface area contributed by atoms with Gasteiger partial charge in [0.25, 0.3) is 0 Å². The van der Waals surface area contributed by atoms with E-state index in [1.165, 1.54) is 6.07 Å². The molecule has 2 rings (SSSR count). The third-order valence-electron chi connectivity index (χ3n) is 3.71. The summed E-state index contributed by atoms with van der Waals surface area (Å²) < 4.78 is 32.6. The fourth-order valence-corrected chi connectivity index (χ4v) is 2.58. The number of hydrogen-bond donors (Lipinski definition) is 1. The molecule has 1 aliphatic carbocycles. The van der Waals surface area contributed by atoms with Crippen LogP contribution in [-0.2, 0) is 4.74 Å². The quantitative estimate of drug-likeness (QED) is 0.875. The largest absolute Gasteiger partial charge is 0.376 e. The zero-order valence-corrected chi connectivity index (χ0v) is 10.1. The highest BCUT2D eigenvalue weighted by atomic mass is 19.2. The second kappa shape index (κ2) is 4.70. The maximum absolute atomic E-state index is 13.8. The lowest BCUT2D eigenvalue weighted by molar-refractivity contribution is -0.0990. The Hall–Kier alpha value is -1.00. The molecule has 1 aromatic rings. The predicted molar refractivity (Wildman–Crippen MR) is 61.7 cm³/mol. The van der Waals surface area contributed by atoms with Gasteiger partial charge >= 0.3 is 0 Å². The zero-order valence-electron chi connectivity index (χ0n) is 10.1. The maximum atomic E-state index is 13.8. The third-order valence-corrected chi connectivity index (χ3v) is 3.71. The van der Waals surface area contributed by atoms with E-state index in [9.17, 15) is 8.78 Å². The van der Waals surface area contributed by atoms with E-state index in [2.05, 4.69) is 5.32 Å². The van der Waals surface area contributed by atoms with E-state index < -0.39 is 17.2 Å². The second-order valence-corrected chi connectivity index (χ2v) is 4.49. The standard InChI is InChI=1S/C13H17F2NO/c1-16-12(13(17-2)7-4-8-13)9-5-3-6-10(14)11(9)15/h3,5-6,12,16H,4,7-8H2,1-2H3. The van der Waals surface area contributed by atoms with Crippen molar-refractivity contribution in [1.82, 2.24) is 5.32 Å². The molecule has 1 aromatic carbocycles. The molecular weight excluding hydrogens is 224 g/mol. The summed E-state index contributed by atoms with van der Waals surface area (Å²) in [6.45, 7) is 0. The van der Waals surface area contributed by atoms with Crippen LogP contribution >= 0.6 is 0 Å². The molecule has 1 saturated carbocycles. The van der Waals surface area contributed by atoms with E-state index in [0.29, 0.717) is 5.56 Å². The molecule has 1 fully saturated rings. The van der Waals surface area contributed by atoms with Crippen LogP contribution < -0.4 is 5.32 Å². The minimum atomic E-state index is -0.812. The van der Waals surface area contributed by atoms with Crippen molar-refractivity contribution in [2.45, 2.75) is 30.9 Å². The summed E-state index contributed by atoms with van der Waals surface area (Å²) in [4.78, 5) is 0. The van der Waals surface area contributed by atoms with Crippen molar-refractivity contribution in [3.63, 3.8) is 0 Å². The van der Waals surface area contributed by atoms with Crippen LogP contribution in [0, 0.1) is 11.6 Å². The minimum Gasteiger partial charge on any atom is -0.376 e. The Morgan fingerprint density at radius 1 is 1.35 bits per heavy atom. The SMILES string of the molecule is CNC(c1cccc(F)c1F)C1(OC)CCC1. The minimum absolute atomic E-state index is 0.308. The van der Waals surface area contributed by atoms with E-state index in [1.807, 2.05) is 0 Å². The van der Waals surface area contributed by atoms with Gasteiger partial charge in [-0.15, -0.1) is 0 Å². The maximum Gasteiger partial charge on any atom is 0.163 e. The smallest absolute Gasteiger partial charge is 0.163 e. The van der Waals surface area contributed by atoms with Gasteiger partial charge in [0.15, 0.2) is 11.6 Å². The molecule has 94 valence electrons. The van der Waals surface area contributed by atoms with Crippen LogP contribution in [0.3, 0.4) is 0 Å². The number of likely N-dealkylation sites (N-methyl/N-ethyl adjacent to an activating group) is 1. The number of methoxy groups -OCH3 is 1. The summed E-state index contributed by atoms with van der Waals surface area (Å²) in [6, 6.07) is 3.96. The first kappa shape index (κ1) is 12.5. The molecule has 4 heteroatoms. The fraction of sp³-hybridized carbons (Fsp3) is 0.538. The van der Waals surface area contributed by atoms with Gasteiger partial charge in [-0.3, -0.25) is 0 Å². The molecule has 0 amide bonds. The number of rotatable bonds is 4. The van der Waals surface area contributed by atoms with Crippen molar-refractivity contribution in [3.05, 3.63) is 35.4 Å². The highest BCUT2D eigenvalue weighted by Gasteiger charge is 2.45. The van der Waals surface area contributed by atoms with Crippen LogP contribution in [0.1, 0.15) is 30.9 Å². The van der Waals surface area contributed by atoms with E-state index in [0.717, 1.165) is 25.3 Å². The number of nitrogens with one attached hydrogen (secondary N) is 1. The number of halogens is 2. The summed E-state index contributed by atoms with van der Waals surface area (Å²) in [5, 5.41) is 3.05. The van der Waals surface area contributed by atoms with Crippen molar-refractivity contribution >= 4 is 0 Å². The Balaban J connectivity index is 2.38. The van der Waals surface area contributed by atoms with Gasteiger partial charge in [-0.05, 0) is 32.4 Å². The van der Waals surface area contributed by atoms with Crippen molar-refractivity contribution in [2.24, 2.45) is 0 Å². The zero-order chi connectivity index (χ0) is 12.5. The molecule has 0 bridgehead atoms. The third kappa shape index (κ3) is 1.96. The molecule has 1 atom stereocenters. The van der Waals surface area contributed by atoms with Gasteiger partial charge in [0, 0.05) is 12.7 Å². The molecular formula is C13H17F2NO. The first-order valence-electron chi connectivity index (χ1n) is 5.81. The Morgan fingerprint density at radius 2 is 2.06 bits per heavy atom. The molecule has 1 unspecified atom stereocenters. The summed E-state index contributed by atoms with van der Waals surface area (Å²) in [6.07, 6.45) is 2.79. The van der Waals surface area contributed by atoms with Crippen molar-refractivity contribution in [2.75, 3.05) is 14.2 Å². The summed E-state index contributed by atoms with van der Waals surface area (Å²) in [5.41, 5.74) is -0.0577. The molecule has 0 aliphatic heterocycles. The van der Waals surface area contributed by atoms with Gasteiger partial charge in [0.2, 0.25) is 0 Å². The Labute approximate surface area is 100.0 Å². The van der Waals surface area contributed by atoms with Crippen LogP contribution in [0.2, 0.25) is 0 Å². The molecule has 0 radical (unpaired) electrons. The monoisotopic (exact) mass is 241 g/mol. The highest BCUT2D eigenvalue weighted by Crippen LogP contribution is 2.45. The van der Waals surface area contributed by atoms with E-state index in [-0.39, 0.29) is 6.04 Å². The second-order valence-electron chi connectivity index (χ2n) is 4.49. The van der Waals surface area contributed by atoms with Gasteiger partial charge in [0.05, 0.1) is 11.6 Å². The Morgan fingerprint density at radius 3 is 2.53 bits per heavy atom. The molecule has 1 N–H and O–H groups in total. The van der Waals surface area contributed by atoms with Crippen LogP contribution in [0.25, 0.3) is 0 Å². The lowest BCUT2D eigenvalue weighted by atomic mass is 9.72. The number of benzene rings is 1. The highest BCUT2D eigenvalue weighted by molar-refractivity contribution is 5.26. The van der Waals surface area contributed by atoms with Gasteiger partial charge in [-0.2, -0.15) is 0 Å². The molecule has 0 aromatic heterocycles. The van der Waals surface area contributed by atoms with Gasteiger partial charge in [-0.25, -0.2) is 8.78 Å². The molecule has 2 nitrogen and oxygen atoms in total. The normalized spacial score (nSPS) is 19.8. The average molecular weight is 241 g/mol. The number of hydrogen-bond acceptors (Lipinski definition) is 2. The molecule has 0 heterocycles. The topological polar surface area (TPSA) is 21.3 Å². The molecule has 17 heavy (non-hydrogen) atoms. The number of ether oxygens (including phenoxy) is 1. The van der Waals surface area contributed by atoms with Gasteiger partial charge in [-0.1, -0.05) is 12.1 Å². The summed E-state index contributed by atoms with van der Waals surface area (Å²) >= 11 is 0. The Bertz CT molecular complexity index is 399. The average Bonchev–Trinajstić information content (AvgIpc) is 2.28. The van der Waals surface area contributed by atoms with Gasteiger partial charge in [0.1, 0.15) is 0 Å². The van der Waals surface area contributed by atoms with Crippen molar-refractivity contribution < 1.29 is 13.5 Å². The molecule has 1 aliphatic rings. The van der Waals surface area contributed by atoms with Crippen LogP contribution in [0.15, 0.2) is 18.2 Å². The molecule has 0 saturated heterocycles. The summed E-state index contributed by atoms with van der Waals surface area (Å²) in [5.74, 6) is -1.59. The van der Waals surface area contributed by atoms with E-state index in [4.69, 9.17) is 4.74 Å². The van der Waals surface area contributed by atoms with Gasteiger partial charge < -0.3 is 10.1 Å². The Kier molecular flexibility index (Phi) is 3.45. The first-order chi connectivity index (χ1) is 8.14. The van der Waals surface area contributed by atoms with Crippen LogP contribution in [0.5, 0.6) is 0 Å². The summed E-state index contributed by atoms with van der Waals surface area (Å²) in [7, 11) is 3.37. The van der Waals surface area contributed by atoms with Crippen molar-refractivity contribution in [3.8, 4) is 0 Å². The first-order valence-corrected chi connectivity index (χ1v) is 5.81. The fourth-order valence-electron chi connectivity index (χ4n) is 2.58. The molecule has 0 spiro atoms. The lowest BCUT2D eigenvalue weighted by Crippen LogP contribution is -2.50.